The minimum absolute atomic E-state index is 0.0197. The first-order valence-corrected chi connectivity index (χ1v) is 4.89. The first-order valence-electron chi connectivity index (χ1n) is 4.89. The van der Waals surface area contributed by atoms with Crippen molar-refractivity contribution in [1.82, 2.24) is 5.32 Å². The van der Waals surface area contributed by atoms with Crippen LogP contribution in [-0.2, 0) is 9.53 Å². The van der Waals surface area contributed by atoms with Crippen LogP contribution in [-0.4, -0.2) is 30.0 Å². The molecule has 0 aromatic carbocycles. The van der Waals surface area contributed by atoms with Gasteiger partial charge in [-0.15, -0.1) is 0 Å². The van der Waals surface area contributed by atoms with E-state index in [1.165, 1.54) is 0 Å². The Hall–Kier alpha value is -0.610. The largest absolute Gasteiger partial charge is 0.393 e. The smallest absolute Gasteiger partial charge is 0.222 e. The molecule has 0 spiro atoms. The molecule has 0 heterocycles. The van der Waals surface area contributed by atoms with E-state index in [0.717, 1.165) is 0 Å². The average molecular weight is 203 g/mol. The van der Waals surface area contributed by atoms with Gasteiger partial charge >= 0.3 is 0 Å². The van der Waals surface area contributed by atoms with E-state index in [-0.39, 0.29) is 19.2 Å². The van der Waals surface area contributed by atoms with Crippen molar-refractivity contribution in [3.8, 4) is 0 Å². The Balaban J connectivity index is 3.59. The number of rotatable bonds is 6. The molecule has 0 atom stereocenters. The zero-order valence-electron chi connectivity index (χ0n) is 9.46. The van der Waals surface area contributed by atoms with E-state index < -0.39 is 5.60 Å². The Kier molecular flexibility index (Phi) is 5.72. The lowest BCUT2D eigenvalue weighted by Crippen LogP contribution is -2.36. The van der Waals surface area contributed by atoms with Crippen molar-refractivity contribution in [3.63, 3.8) is 0 Å². The molecule has 0 saturated carbocycles. The second-order valence-electron chi connectivity index (χ2n) is 4.40. The summed E-state index contributed by atoms with van der Waals surface area (Å²) in [5, 5.41) is 11.5. The number of carbonyl (C=O) groups is 1. The third kappa shape index (κ3) is 6.86. The minimum Gasteiger partial charge on any atom is -0.393 e. The van der Waals surface area contributed by atoms with Gasteiger partial charge in [-0.2, -0.15) is 0 Å². The molecule has 0 radical (unpaired) electrons. The second-order valence-corrected chi connectivity index (χ2v) is 4.40. The van der Waals surface area contributed by atoms with Crippen molar-refractivity contribution in [3.05, 3.63) is 0 Å². The average Bonchev–Trinajstić information content (AvgIpc) is 2.02. The molecule has 0 aliphatic carbocycles. The van der Waals surface area contributed by atoms with E-state index >= 15 is 0 Å². The van der Waals surface area contributed by atoms with Crippen LogP contribution in [0.3, 0.4) is 0 Å². The zero-order chi connectivity index (χ0) is 11.2. The number of aliphatic hydroxyl groups excluding tert-OH is 1. The molecule has 0 bridgehead atoms. The molecule has 2 N–H and O–H groups in total. The highest BCUT2D eigenvalue weighted by Crippen LogP contribution is 2.06. The van der Waals surface area contributed by atoms with Crippen molar-refractivity contribution in [1.29, 1.82) is 0 Å². The first kappa shape index (κ1) is 13.4. The van der Waals surface area contributed by atoms with Crippen molar-refractivity contribution < 1.29 is 14.6 Å². The van der Waals surface area contributed by atoms with Crippen molar-refractivity contribution in [2.75, 3.05) is 13.3 Å². The van der Waals surface area contributed by atoms with Crippen molar-refractivity contribution >= 4 is 5.91 Å². The molecular weight excluding hydrogens is 182 g/mol. The molecule has 0 aromatic heterocycles. The quantitative estimate of drug-likeness (QED) is 0.630. The Morgan fingerprint density at radius 3 is 2.50 bits per heavy atom. The summed E-state index contributed by atoms with van der Waals surface area (Å²) in [5.74, 6) is 0.328. The number of carbonyl (C=O) groups excluding carboxylic acids is 1. The van der Waals surface area contributed by atoms with Gasteiger partial charge in [0.15, 0.2) is 0 Å². The Labute approximate surface area is 85.6 Å². The topological polar surface area (TPSA) is 58.6 Å². The monoisotopic (exact) mass is 203 g/mol. The molecule has 0 unspecified atom stereocenters. The summed E-state index contributed by atoms with van der Waals surface area (Å²) < 4.78 is 5.25. The highest BCUT2D eigenvalue weighted by Gasteiger charge is 2.16. The predicted molar refractivity (Wildman–Crippen MR) is 54.7 cm³/mol. The highest BCUT2D eigenvalue weighted by molar-refractivity contribution is 5.75. The van der Waals surface area contributed by atoms with Gasteiger partial charge in [0.05, 0.1) is 12.2 Å². The zero-order valence-corrected chi connectivity index (χ0v) is 9.46. The van der Waals surface area contributed by atoms with Crippen LogP contribution < -0.4 is 5.32 Å². The molecular formula is C10H21NO3. The van der Waals surface area contributed by atoms with E-state index in [1.807, 2.05) is 13.8 Å². The van der Waals surface area contributed by atoms with E-state index in [1.54, 1.807) is 13.8 Å². The summed E-state index contributed by atoms with van der Waals surface area (Å²) in [4.78, 5) is 11.2. The maximum Gasteiger partial charge on any atom is 0.222 e. The Morgan fingerprint density at radius 2 is 2.07 bits per heavy atom. The first-order chi connectivity index (χ1) is 6.37. The van der Waals surface area contributed by atoms with Crippen molar-refractivity contribution in [2.24, 2.45) is 5.92 Å². The van der Waals surface area contributed by atoms with Gasteiger partial charge in [0.2, 0.25) is 5.91 Å². The lowest BCUT2D eigenvalue weighted by Gasteiger charge is -2.22. The number of amides is 1. The predicted octanol–water partition coefficient (Wildman–Crippen LogP) is 0.894. The van der Waals surface area contributed by atoms with Crippen LogP contribution >= 0.6 is 0 Å². The molecule has 0 rings (SSSR count). The molecule has 0 aliphatic heterocycles. The van der Waals surface area contributed by atoms with Gasteiger partial charge in [-0.25, -0.2) is 0 Å². The van der Waals surface area contributed by atoms with Crippen LogP contribution in [0, 0.1) is 5.92 Å². The number of aliphatic hydroxyl groups is 1. The molecule has 14 heavy (non-hydrogen) atoms. The van der Waals surface area contributed by atoms with Gasteiger partial charge in [0.25, 0.3) is 0 Å². The summed E-state index contributed by atoms with van der Waals surface area (Å²) in [5.41, 5.74) is -0.592. The number of nitrogens with one attached hydrogen (secondary N) is 1. The SMILES string of the molecule is CC(C)CC(=O)NCOC(C)(C)CO. The third-order valence-electron chi connectivity index (χ3n) is 1.71. The van der Waals surface area contributed by atoms with E-state index in [0.29, 0.717) is 12.3 Å². The van der Waals surface area contributed by atoms with Crippen LogP contribution in [0.4, 0.5) is 0 Å². The Morgan fingerprint density at radius 1 is 1.50 bits per heavy atom. The highest BCUT2D eigenvalue weighted by atomic mass is 16.5. The third-order valence-corrected chi connectivity index (χ3v) is 1.71. The van der Waals surface area contributed by atoms with Crippen LogP contribution in [0.25, 0.3) is 0 Å². The van der Waals surface area contributed by atoms with E-state index in [4.69, 9.17) is 9.84 Å². The molecule has 1 amide bonds. The summed E-state index contributed by atoms with van der Waals surface area (Å²) in [6.07, 6.45) is 0.503. The summed E-state index contributed by atoms with van der Waals surface area (Å²) in [6.45, 7) is 7.59. The number of hydrogen-bond acceptors (Lipinski definition) is 3. The lowest BCUT2D eigenvalue weighted by atomic mass is 10.1. The van der Waals surface area contributed by atoms with Gasteiger partial charge in [0.1, 0.15) is 6.73 Å². The standard InChI is InChI=1S/C10H21NO3/c1-8(2)5-9(13)11-7-14-10(3,4)6-12/h8,12H,5-7H2,1-4H3,(H,11,13). The molecule has 0 fully saturated rings. The van der Waals surface area contributed by atoms with Gasteiger partial charge in [-0.3, -0.25) is 4.79 Å². The molecule has 84 valence electrons. The second kappa shape index (κ2) is 5.98. The molecule has 4 heteroatoms. The maximum atomic E-state index is 11.2. The summed E-state index contributed by atoms with van der Waals surface area (Å²) in [7, 11) is 0. The fourth-order valence-electron chi connectivity index (χ4n) is 0.801. The number of ether oxygens (including phenoxy) is 1. The van der Waals surface area contributed by atoms with Gasteiger partial charge in [-0.05, 0) is 19.8 Å². The van der Waals surface area contributed by atoms with Gasteiger partial charge in [0, 0.05) is 6.42 Å². The fraction of sp³-hybridized carbons (Fsp3) is 0.900. The molecule has 0 aromatic rings. The van der Waals surface area contributed by atoms with Gasteiger partial charge < -0.3 is 15.2 Å². The normalized spacial score (nSPS) is 11.9. The summed E-state index contributed by atoms with van der Waals surface area (Å²) >= 11 is 0. The minimum atomic E-state index is -0.592. The van der Waals surface area contributed by atoms with Gasteiger partial charge in [-0.1, -0.05) is 13.8 Å². The Bertz CT molecular complexity index is 178. The maximum absolute atomic E-state index is 11.2. The molecule has 0 saturated heterocycles. The number of hydrogen-bond donors (Lipinski definition) is 2. The summed E-state index contributed by atoms with van der Waals surface area (Å²) in [6, 6.07) is 0. The van der Waals surface area contributed by atoms with Crippen LogP contribution in [0.15, 0.2) is 0 Å². The van der Waals surface area contributed by atoms with Crippen molar-refractivity contribution in [2.45, 2.75) is 39.7 Å². The van der Waals surface area contributed by atoms with E-state index in [9.17, 15) is 4.79 Å². The lowest BCUT2D eigenvalue weighted by molar-refractivity contribution is -0.126. The molecule has 0 aliphatic rings. The van der Waals surface area contributed by atoms with Crippen LogP contribution in [0.5, 0.6) is 0 Å². The van der Waals surface area contributed by atoms with E-state index in [2.05, 4.69) is 5.32 Å². The van der Waals surface area contributed by atoms with Crippen LogP contribution in [0.1, 0.15) is 34.1 Å². The fourth-order valence-corrected chi connectivity index (χ4v) is 0.801. The molecule has 4 nitrogen and oxygen atoms in total. The van der Waals surface area contributed by atoms with Crippen LogP contribution in [0.2, 0.25) is 0 Å².